The second-order valence-corrected chi connectivity index (χ2v) is 5.00. The van der Waals surface area contributed by atoms with Crippen LogP contribution >= 0.6 is 0 Å². The molecule has 0 amide bonds. The highest BCUT2D eigenvalue weighted by Gasteiger charge is 2.11. The first-order valence-electron chi connectivity index (χ1n) is 4.51. The van der Waals surface area contributed by atoms with Gasteiger partial charge in [-0.05, 0) is 19.8 Å². The van der Waals surface area contributed by atoms with E-state index in [4.69, 9.17) is 0 Å². The molecule has 0 fully saturated rings. The first-order valence-corrected chi connectivity index (χ1v) is 6.17. The lowest BCUT2D eigenvalue weighted by Gasteiger charge is -2.12. The predicted octanol–water partition coefficient (Wildman–Crippen LogP) is 1.50. The highest BCUT2D eigenvalue weighted by molar-refractivity contribution is 7.89. The smallest absolute Gasteiger partial charge is 0.211 e. The van der Waals surface area contributed by atoms with E-state index in [1.54, 1.807) is 0 Å². The van der Waals surface area contributed by atoms with Crippen molar-refractivity contribution in [3.05, 3.63) is 0 Å². The number of nitrogens with one attached hydrogen (secondary N) is 1. The molecule has 0 aliphatic carbocycles. The third-order valence-electron chi connectivity index (χ3n) is 1.58. The second kappa shape index (κ2) is 5.54. The Labute approximate surface area is 75.6 Å². The quantitative estimate of drug-likeness (QED) is 0.695. The topological polar surface area (TPSA) is 46.2 Å². The van der Waals surface area contributed by atoms with Crippen LogP contribution in [-0.2, 0) is 10.0 Å². The van der Waals surface area contributed by atoms with E-state index in [0.717, 1.165) is 12.8 Å². The van der Waals surface area contributed by atoms with E-state index in [1.165, 1.54) is 0 Å². The molecule has 12 heavy (non-hydrogen) atoms. The highest BCUT2D eigenvalue weighted by atomic mass is 32.2. The molecule has 1 atom stereocenters. The van der Waals surface area contributed by atoms with Gasteiger partial charge in [-0.25, -0.2) is 13.1 Å². The molecule has 74 valence electrons. The Morgan fingerprint density at radius 2 is 1.83 bits per heavy atom. The minimum Gasteiger partial charge on any atom is -0.212 e. The maximum Gasteiger partial charge on any atom is 0.211 e. The van der Waals surface area contributed by atoms with Gasteiger partial charge >= 0.3 is 0 Å². The normalized spacial score (nSPS) is 14.6. The van der Waals surface area contributed by atoms with Crippen LogP contribution in [0.15, 0.2) is 0 Å². The molecule has 1 N–H and O–H groups in total. The molecule has 0 aliphatic heterocycles. The van der Waals surface area contributed by atoms with Crippen molar-refractivity contribution < 1.29 is 8.42 Å². The molecule has 3 nitrogen and oxygen atoms in total. The van der Waals surface area contributed by atoms with E-state index in [-0.39, 0.29) is 11.8 Å². The Kier molecular flexibility index (Phi) is 5.50. The third-order valence-corrected chi connectivity index (χ3v) is 3.28. The zero-order valence-corrected chi connectivity index (χ0v) is 8.95. The summed E-state index contributed by atoms with van der Waals surface area (Å²) in [4.78, 5) is 0. The van der Waals surface area contributed by atoms with E-state index in [2.05, 4.69) is 4.72 Å². The first-order chi connectivity index (χ1) is 5.52. The lowest BCUT2D eigenvalue weighted by atomic mass is 10.2. The predicted molar refractivity (Wildman–Crippen MR) is 51.6 cm³/mol. The molecule has 0 aromatic heterocycles. The molecular weight excluding hydrogens is 174 g/mol. The molecule has 0 aliphatic rings. The molecule has 0 bridgehead atoms. The van der Waals surface area contributed by atoms with E-state index >= 15 is 0 Å². The SMILES string of the molecule is CCCC(C)NS(=O)(=O)CCC. The van der Waals surface area contributed by atoms with Crippen LogP contribution in [0.2, 0.25) is 0 Å². The van der Waals surface area contributed by atoms with Crippen LogP contribution in [0.4, 0.5) is 0 Å². The number of hydrogen-bond acceptors (Lipinski definition) is 2. The van der Waals surface area contributed by atoms with Gasteiger partial charge in [0.1, 0.15) is 0 Å². The van der Waals surface area contributed by atoms with Crippen LogP contribution in [0.5, 0.6) is 0 Å². The van der Waals surface area contributed by atoms with Gasteiger partial charge < -0.3 is 0 Å². The van der Waals surface area contributed by atoms with Crippen LogP contribution in [0.25, 0.3) is 0 Å². The summed E-state index contributed by atoms with van der Waals surface area (Å²) in [6.45, 7) is 5.81. The van der Waals surface area contributed by atoms with E-state index in [1.807, 2.05) is 20.8 Å². The molecule has 0 aromatic carbocycles. The van der Waals surface area contributed by atoms with Crippen molar-refractivity contribution in [2.75, 3.05) is 5.75 Å². The molecule has 0 radical (unpaired) electrons. The van der Waals surface area contributed by atoms with Gasteiger partial charge in [-0.15, -0.1) is 0 Å². The fourth-order valence-corrected chi connectivity index (χ4v) is 2.51. The summed E-state index contributed by atoms with van der Waals surface area (Å²) in [5.74, 6) is 0.237. The minimum absolute atomic E-state index is 0.0755. The number of sulfonamides is 1. The molecular formula is C8H19NO2S. The summed E-state index contributed by atoms with van der Waals surface area (Å²) in [7, 11) is -3.00. The van der Waals surface area contributed by atoms with E-state index in [9.17, 15) is 8.42 Å². The molecule has 0 heterocycles. The maximum absolute atomic E-state index is 11.2. The van der Waals surface area contributed by atoms with Gasteiger partial charge in [0.15, 0.2) is 0 Å². The summed E-state index contributed by atoms with van der Waals surface area (Å²) in [5, 5.41) is 0. The summed E-state index contributed by atoms with van der Waals surface area (Å²) >= 11 is 0. The monoisotopic (exact) mass is 193 g/mol. The summed E-state index contributed by atoms with van der Waals surface area (Å²) in [6, 6.07) is 0.0755. The average Bonchev–Trinajstić information content (AvgIpc) is 1.85. The molecule has 0 saturated heterocycles. The van der Waals surface area contributed by atoms with Gasteiger partial charge in [0.05, 0.1) is 5.75 Å². The van der Waals surface area contributed by atoms with Crippen LogP contribution in [0.3, 0.4) is 0 Å². The molecule has 0 saturated carbocycles. The zero-order chi connectivity index (χ0) is 9.61. The maximum atomic E-state index is 11.2. The van der Waals surface area contributed by atoms with Crippen LogP contribution in [0.1, 0.15) is 40.0 Å². The Morgan fingerprint density at radius 1 is 1.25 bits per heavy atom. The number of hydrogen-bond donors (Lipinski definition) is 1. The Morgan fingerprint density at radius 3 is 2.25 bits per heavy atom. The Balaban J connectivity index is 3.89. The van der Waals surface area contributed by atoms with E-state index in [0.29, 0.717) is 6.42 Å². The molecule has 0 spiro atoms. The second-order valence-electron chi connectivity index (χ2n) is 3.13. The van der Waals surface area contributed by atoms with Gasteiger partial charge in [0.25, 0.3) is 0 Å². The van der Waals surface area contributed by atoms with Gasteiger partial charge in [-0.3, -0.25) is 0 Å². The fourth-order valence-electron chi connectivity index (χ4n) is 1.13. The van der Waals surface area contributed by atoms with Crippen LogP contribution < -0.4 is 4.72 Å². The molecule has 0 aromatic rings. The fraction of sp³-hybridized carbons (Fsp3) is 1.00. The van der Waals surface area contributed by atoms with Crippen molar-refractivity contribution in [3.8, 4) is 0 Å². The standard InChI is InChI=1S/C8H19NO2S/c1-4-6-8(3)9-12(10,11)7-5-2/h8-9H,4-7H2,1-3H3. The van der Waals surface area contributed by atoms with Gasteiger partial charge in [0.2, 0.25) is 10.0 Å². The Bertz CT molecular complexity index is 199. The first kappa shape index (κ1) is 11.9. The summed E-state index contributed by atoms with van der Waals surface area (Å²) < 4.78 is 25.0. The van der Waals surface area contributed by atoms with Crippen molar-refractivity contribution in [3.63, 3.8) is 0 Å². The van der Waals surface area contributed by atoms with Gasteiger partial charge in [-0.1, -0.05) is 20.3 Å². The number of rotatable bonds is 6. The van der Waals surface area contributed by atoms with Crippen molar-refractivity contribution >= 4 is 10.0 Å². The van der Waals surface area contributed by atoms with Crippen molar-refractivity contribution in [1.29, 1.82) is 0 Å². The van der Waals surface area contributed by atoms with Crippen molar-refractivity contribution in [2.45, 2.75) is 46.1 Å². The van der Waals surface area contributed by atoms with Crippen LogP contribution in [-0.4, -0.2) is 20.2 Å². The minimum atomic E-state index is -3.00. The average molecular weight is 193 g/mol. The summed E-state index contributed by atoms with van der Waals surface area (Å²) in [5.41, 5.74) is 0. The van der Waals surface area contributed by atoms with Gasteiger partial charge in [-0.2, -0.15) is 0 Å². The summed E-state index contributed by atoms with van der Waals surface area (Å²) in [6.07, 6.45) is 2.59. The van der Waals surface area contributed by atoms with Crippen molar-refractivity contribution in [1.82, 2.24) is 4.72 Å². The van der Waals surface area contributed by atoms with Gasteiger partial charge in [0, 0.05) is 6.04 Å². The highest BCUT2D eigenvalue weighted by Crippen LogP contribution is 1.98. The molecule has 1 unspecified atom stereocenters. The van der Waals surface area contributed by atoms with Crippen molar-refractivity contribution in [2.24, 2.45) is 0 Å². The Hall–Kier alpha value is -0.0900. The largest absolute Gasteiger partial charge is 0.212 e. The lowest BCUT2D eigenvalue weighted by molar-refractivity contribution is 0.543. The third kappa shape index (κ3) is 5.55. The lowest BCUT2D eigenvalue weighted by Crippen LogP contribution is -2.34. The van der Waals surface area contributed by atoms with Crippen LogP contribution in [0, 0.1) is 0 Å². The van der Waals surface area contributed by atoms with E-state index < -0.39 is 10.0 Å². The zero-order valence-electron chi connectivity index (χ0n) is 8.13. The molecule has 4 heteroatoms. The molecule has 0 rings (SSSR count).